The lowest BCUT2D eigenvalue weighted by Crippen LogP contribution is -2.40. The van der Waals surface area contributed by atoms with Crippen LogP contribution in [0.3, 0.4) is 0 Å². The van der Waals surface area contributed by atoms with Crippen molar-refractivity contribution in [1.82, 2.24) is 10.2 Å². The van der Waals surface area contributed by atoms with Gasteiger partial charge in [0.2, 0.25) is 5.91 Å². The highest BCUT2D eigenvalue weighted by Crippen LogP contribution is 2.28. The Kier molecular flexibility index (Phi) is 10.2. The molecule has 0 aliphatic carbocycles. The molecule has 1 saturated heterocycles. The van der Waals surface area contributed by atoms with Crippen LogP contribution in [0.2, 0.25) is 0 Å². The molecule has 6 nitrogen and oxygen atoms in total. The van der Waals surface area contributed by atoms with Crippen LogP contribution >= 0.6 is 24.0 Å². The summed E-state index contributed by atoms with van der Waals surface area (Å²) in [6.07, 6.45) is 5.84. The summed E-state index contributed by atoms with van der Waals surface area (Å²) in [6.45, 7) is 4.36. The fourth-order valence-electron chi connectivity index (χ4n) is 4.07. The van der Waals surface area contributed by atoms with Crippen molar-refractivity contribution in [2.24, 2.45) is 10.9 Å². The van der Waals surface area contributed by atoms with Crippen LogP contribution < -0.4 is 10.2 Å². The normalized spacial score (nSPS) is 16.9. The van der Waals surface area contributed by atoms with Crippen molar-refractivity contribution in [1.29, 1.82) is 0 Å². The summed E-state index contributed by atoms with van der Waals surface area (Å²) >= 11 is 0. The van der Waals surface area contributed by atoms with Gasteiger partial charge in [-0.1, -0.05) is 18.2 Å². The number of nitrogens with one attached hydrogen (secondary N) is 1. The zero-order valence-electron chi connectivity index (χ0n) is 17.7. The van der Waals surface area contributed by atoms with E-state index in [1.165, 1.54) is 24.8 Å². The highest BCUT2D eigenvalue weighted by Gasteiger charge is 2.23. The highest BCUT2D eigenvalue weighted by molar-refractivity contribution is 14.0. The van der Waals surface area contributed by atoms with Gasteiger partial charge in [-0.15, -0.1) is 24.0 Å². The smallest absolute Gasteiger partial charge is 0.227 e. The maximum atomic E-state index is 12.6. The van der Waals surface area contributed by atoms with Gasteiger partial charge >= 0.3 is 0 Å². The van der Waals surface area contributed by atoms with Gasteiger partial charge < -0.3 is 19.9 Å². The quantitative estimate of drug-likeness (QED) is 0.263. The summed E-state index contributed by atoms with van der Waals surface area (Å²) in [5, 5.41) is 3.40. The second kappa shape index (κ2) is 12.4. The minimum Gasteiger partial charge on any atom is -0.381 e. The van der Waals surface area contributed by atoms with Crippen molar-refractivity contribution in [3.05, 3.63) is 29.8 Å². The number of hydrogen-bond acceptors (Lipinski definition) is 3. The van der Waals surface area contributed by atoms with E-state index in [1.807, 2.05) is 30.1 Å². The molecule has 1 aromatic rings. The second-order valence-electron chi connectivity index (χ2n) is 7.77. The van der Waals surface area contributed by atoms with Gasteiger partial charge in [-0.05, 0) is 49.7 Å². The molecule has 1 fully saturated rings. The number of fused-ring (bicyclic) bond motifs is 1. The van der Waals surface area contributed by atoms with Crippen molar-refractivity contribution in [2.45, 2.75) is 38.5 Å². The number of anilines is 1. The first-order valence-electron chi connectivity index (χ1n) is 10.6. The largest absolute Gasteiger partial charge is 0.381 e. The molecule has 0 bridgehead atoms. The lowest BCUT2D eigenvalue weighted by atomic mass is 9.96. The molecule has 0 spiro atoms. The van der Waals surface area contributed by atoms with E-state index in [9.17, 15) is 4.79 Å². The lowest BCUT2D eigenvalue weighted by molar-refractivity contribution is -0.118. The van der Waals surface area contributed by atoms with Gasteiger partial charge in [0.15, 0.2) is 5.96 Å². The van der Waals surface area contributed by atoms with E-state index < -0.39 is 0 Å². The van der Waals surface area contributed by atoms with Crippen LogP contribution in [0.1, 0.15) is 37.7 Å². The Labute approximate surface area is 192 Å². The maximum Gasteiger partial charge on any atom is 0.227 e. The van der Waals surface area contributed by atoms with E-state index in [0.717, 1.165) is 63.3 Å². The molecule has 0 saturated carbocycles. The SMILES string of the molecule is CN=C(NCCCC(=O)N1CCc2ccccc21)N(C)CCC1CCOCC1.I. The van der Waals surface area contributed by atoms with Crippen LogP contribution in [-0.2, 0) is 16.0 Å². The van der Waals surface area contributed by atoms with Gasteiger partial charge in [0.25, 0.3) is 0 Å². The molecule has 162 valence electrons. The number of benzene rings is 1. The number of rotatable bonds is 7. The Hall–Kier alpha value is -1.35. The topological polar surface area (TPSA) is 57.2 Å². The van der Waals surface area contributed by atoms with E-state index in [1.54, 1.807) is 0 Å². The van der Waals surface area contributed by atoms with Gasteiger partial charge in [-0.2, -0.15) is 0 Å². The molecule has 2 aliphatic heterocycles. The van der Waals surface area contributed by atoms with Crippen molar-refractivity contribution in [2.75, 3.05) is 51.8 Å². The minimum absolute atomic E-state index is 0. The van der Waals surface area contributed by atoms with Crippen LogP contribution in [0, 0.1) is 5.92 Å². The predicted octanol–water partition coefficient (Wildman–Crippen LogP) is 3.30. The second-order valence-corrected chi connectivity index (χ2v) is 7.77. The highest BCUT2D eigenvalue weighted by atomic mass is 127. The van der Waals surface area contributed by atoms with E-state index in [2.05, 4.69) is 28.3 Å². The molecule has 1 N–H and O–H groups in total. The first-order chi connectivity index (χ1) is 13.7. The first kappa shape index (κ1) is 23.9. The third kappa shape index (κ3) is 6.84. The molecule has 0 unspecified atom stereocenters. The van der Waals surface area contributed by atoms with E-state index in [0.29, 0.717) is 6.42 Å². The van der Waals surface area contributed by atoms with E-state index >= 15 is 0 Å². The fourth-order valence-corrected chi connectivity index (χ4v) is 4.07. The van der Waals surface area contributed by atoms with Gasteiger partial charge in [0.1, 0.15) is 0 Å². The average Bonchev–Trinajstić information content (AvgIpc) is 3.17. The summed E-state index contributed by atoms with van der Waals surface area (Å²) < 4.78 is 5.44. The number of guanidine groups is 1. The molecule has 1 amide bonds. The van der Waals surface area contributed by atoms with Crippen LogP contribution in [0.4, 0.5) is 5.69 Å². The Balaban J connectivity index is 0.00000300. The molecule has 29 heavy (non-hydrogen) atoms. The Morgan fingerprint density at radius 1 is 1.31 bits per heavy atom. The van der Waals surface area contributed by atoms with Crippen LogP contribution in [0.5, 0.6) is 0 Å². The zero-order chi connectivity index (χ0) is 19.8. The van der Waals surface area contributed by atoms with E-state index in [-0.39, 0.29) is 29.9 Å². The summed E-state index contributed by atoms with van der Waals surface area (Å²) in [4.78, 5) is 21.1. The van der Waals surface area contributed by atoms with Crippen molar-refractivity contribution >= 4 is 41.5 Å². The number of para-hydroxylation sites is 1. The number of aliphatic imine (C=N–C) groups is 1. The standard InChI is InChI=1S/C22H34N4O2.HI/c1-23-22(25(2)14-9-18-11-16-28-17-12-18)24-13-5-8-21(27)26-15-10-19-6-3-4-7-20(19)26;/h3-4,6-7,18H,5,8-17H2,1-2H3,(H,23,24);1H. The van der Waals surface area contributed by atoms with Crippen LogP contribution in [0.25, 0.3) is 0 Å². The number of amides is 1. The third-order valence-corrected chi connectivity index (χ3v) is 5.83. The Morgan fingerprint density at radius 2 is 2.07 bits per heavy atom. The average molecular weight is 514 g/mol. The number of ether oxygens (including phenoxy) is 1. The molecule has 0 atom stereocenters. The molecule has 3 rings (SSSR count). The number of nitrogens with zero attached hydrogens (tertiary/aromatic N) is 3. The maximum absolute atomic E-state index is 12.6. The van der Waals surface area contributed by atoms with Gasteiger partial charge in [0.05, 0.1) is 0 Å². The Bertz CT molecular complexity index is 677. The van der Waals surface area contributed by atoms with Crippen molar-refractivity contribution in [3.8, 4) is 0 Å². The molecule has 2 heterocycles. The first-order valence-corrected chi connectivity index (χ1v) is 10.6. The summed E-state index contributed by atoms with van der Waals surface area (Å²) in [5.41, 5.74) is 2.37. The van der Waals surface area contributed by atoms with E-state index in [4.69, 9.17) is 4.74 Å². The summed E-state index contributed by atoms with van der Waals surface area (Å²) in [6, 6.07) is 8.21. The molecule has 0 radical (unpaired) electrons. The van der Waals surface area contributed by atoms with Gasteiger partial charge in [-0.25, -0.2) is 0 Å². The molecule has 2 aliphatic rings. The van der Waals surface area contributed by atoms with Crippen LogP contribution in [0.15, 0.2) is 29.3 Å². The van der Waals surface area contributed by atoms with Gasteiger partial charge in [-0.3, -0.25) is 9.79 Å². The van der Waals surface area contributed by atoms with Crippen molar-refractivity contribution < 1.29 is 9.53 Å². The molecule has 1 aromatic carbocycles. The predicted molar refractivity (Wildman–Crippen MR) is 129 cm³/mol. The molecule has 7 heteroatoms. The molecular weight excluding hydrogens is 479 g/mol. The number of carbonyl (C=O) groups is 1. The summed E-state index contributed by atoms with van der Waals surface area (Å²) in [7, 11) is 3.90. The minimum atomic E-state index is 0. The number of hydrogen-bond donors (Lipinski definition) is 1. The molecule has 0 aromatic heterocycles. The van der Waals surface area contributed by atoms with Gasteiger partial charge in [0, 0.05) is 59.1 Å². The summed E-state index contributed by atoms with van der Waals surface area (Å²) in [5.74, 6) is 1.89. The third-order valence-electron chi connectivity index (χ3n) is 5.83. The number of halogens is 1. The lowest BCUT2D eigenvalue weighted by Gasteiger charge is -2.27. The fraction of sp³-hybridized carbons (Fsp3) is 0.636. The Morgan fingerprint density at radius 3 is 2.83 bits per heavy atom. The molecular formula is C22H35IN4O2. The number of carbonyl (C=O) groups excluding carboxylic acids is 1. The van der Waals surface area contributed by atoms with Crippen molar-refractivity contribution in [3.63, 3.8) is 0 Å². The zero-order valence-corrected chi connectivity index (χ0v) is 20.1. The monoisotopic (exact) mass is 514 g/mol. The van der Waals surface area contributed by atoms with Crippen LogP contribution in [-0.4, -0.2) is 63.7 Å².